The van der Waals surface area contributed by atoms with Gasteiger partial charge in [0.1, 0.15) is 5.76 Å². The maximum atomic E-state index is 5.08. The van der Waals surface area contributed by atoms with Crippen molar-refractivity contribution in [2.45, 2.75) is 39.3 Å². The molecule has 1 aromatic rings. The first-order valence-corrected chi connectivity index (χ1v) is 6.72. The number of aromatic nitrogens is 1. The molecule has 2 rings (SSSR count). The molecule has 0 unspecified atom stereocenters. The maximum absolute atomic E-state index is 5.08. The van der Waals surface area contributed by atoms with Crippen LogP contribution < -0.4 is 5.32 Å². The van der Waals surface area contributed by atoms with Gasteiger partial charge in [-0.2, -0.15) is 0 Å². The molecular formula is C14H23N3O. The van der Waals surface area contributed by atoms with Gasteiger partial charge in [0.05, 0.1) is 12.7 Å². The summed E-state index contributed by atoms with van der Waals surface area (Å²) in [7, 11) is 0. The molecule has 1 aliphatic rings. The van der Waals surface area contributed by atoms with Crippen molar-refractivity contribution in [2.75, 3.05) is 19.6 Å². The molecule has 0 spiro atoms. The van der Waals surface area contributed by atoms with Crippen LogP contribution >= 0.6 is 0 Å². The summed E-state index contributed by atoms with van der Waals surface area (Å²) in [6.07, 6.45) is 6.43. The predicted molar refractivity (Wildman–Crippen MR) is 72.2 cm³/mol. The first kappa shape index (κ1) is 13.3. The van der Waals surface area contributed by atoms with E-state index in [1.54, 1.807) is 6.20 Å². The highest BCUT2D eigenvalue weighted by Crippen LogP contribution is 2.11. The summed E-state index contributed by atoms with van der Waals surface area (Å²) >= 11 is 0. The summed E-state index contributed by atoms with van der Waals surface area (Å²) in [5.74, 6) is 0.918. The Kier molecular flexibility index (Phi) is 4.96. The van der Waals surface area contributed by atoms with E-state index in [-0.39, 0.29) is 0 Å². The first-order valence-electron chi connectivity index (χ1n) is 6.72. The van der Waals surface area contributed by atoms with Crippen LogP contribution in [-0.2, 0) is 6.54 Å². The average molecular weight is 249 g/mol. The van der Waals surface area contributed by atoms with Crippen molar-refractivity contribution in [3.05, 3.63) is 29.7 Å². The van der Waals surface area contributed by atoms with Gasteiger partial charge in [0.25, 0.3) is 0 Å². The summed E-state index contributed by atoms with van der Waals surface area (Å²) in [5, 5.41) is 7.24. The summed E-state index contributed by atoms with van der Waals surface area (Å²) in [6, 6.07) is 2.52. The van der Waals surface area contributed by atoms with Crippen molar-refractivity contribution < 1.29 is 4.52 Å². The number of nitrogens with one attached hydrogen (secondary N) is 1. The van der Waals surface area contributed by atoms with Gasteiger partial charge in [-0.15, -0.1) is 0 Å². The lowest BCUT2D eigenvalue weighted by molar-refractivity contribution is 0.211. The van der Waals surface area contributed by atoms with Crippen LogP contribution in [0.3, 0.4) is 0 Å². The molecule has 1 aliphatic heterocycles. The predicted octanol–water partition coefficient (Wildman–Crippen LogP) is 2.19. The lowest BCUT2D eigenvalue weighted by Gasteiger charge is -2.31. The van der Waals surface area contributed by atoms with Crippen LogP contribution in [0.1, 0.15) is 32.4 Å². The van der Waals surface area contributed by atoms with Crippen molar-refractivity contribution >= 4 is 0 Å². The number of rotatable bonds is 5. The van der Waals surface area contributed by atoms with E-state index >= 15 is 0 Å². The van der Waals surface area contributed by atoms with Crippen molar-refractivity contribution in [2.24, 2.45) is 0 Å². The lowest BCUT2D eigenvalue weighted by Crippen LogP contribution is -2.42. The summed E-state index contributed by atoms with van der Waals surface area (Å²) in [6.45, 7) is 8.56. The molecule has 0 aromatic carbocycles. The lowest BCUT2D eigenvalue weighted by atomic mass is 10.0. The van der Waals surface area contributed by atoms with Gasteiger partial charge in [0.2, 0.25) is 0 Å². The molecule has 100 valence electrons. The van der Waals surface area contributed by atoms with Crippen LogP contribution in [0.2, 0.25) is 0 Å². The van der Waals surface area contributed by atoms with Gasteiger partial charge in [-0.3, -0.25) is 4.90 Å². The molecule has 1 fully saturated rings. The fourth-order valence-electron chi connectivity index (χ4n) is 2.21. The third-order valence-corrected chi connectivity index (χ3v) is 3.40. The molecular weight excluding hydrogens is 226 g/mol. The Morgan fingerprint density at radius 3 is 2.89 bits per heavy atom. The molecule has 1 saturated heterocycles. The largest absolute Gasteiger partial charge is 0.360 e. The van der Waals surface area contributed by atoms with Crippen molar-refractivity contribution in [3.63, 3.8) is 0 Å². The van der Waals surface area contributed by atoms with E-state index in [4.69, 9.17) is 4.52 Å². The quantitative estimate of drug-likeness (QED) is 0.812. The normalized spacial score (nSPS) is 17.9. The zero-order valence-electron chi connectivity index (χ0n) is 11.4. The average Bonchev–Trinajstić information content (AvgIpc) is 2.88. The number of hydrogen-bond acceptors (Lipinski definition) is 4. The standard InChI is InChI=1S/C14H23N3O/c1-12(2)4-8-17-9-5-13(6-10-17)15-11-14-3-7-16-18-14/h3-4,7,13,15H,5-6,8-11H2,1-2H3. The van der Waals surface area contributed by atoms with Crippen LogP contribution in [0.4, 0.5) is 0 Å². The number of hydrogen-bond donors (Lipinski definition) is 1. The summed E-state index contributed by atoms with van der Waals surface area (Å²) in [4.78, 5) is 2.51. The highest BCUT2D eigenvalue weighted by atomic mass is 16.5. The number of likely N-dealkylation sites (tertiary alicyclic amines) is 1. The van der Waals surface area contributed by atoms with Gasteiger partial charge in [0.15, 0.2) is 0 Å². The zero-order valence-corrected chi connectivity index (χ0v) is 11.4. The van der Waals surface area contributed by atoms with E-state index in [1.165, 1.54) is 31.5 Å². The van der Waals surface area contributed by atoms with Crippen LogP contribution in [0.15, 0.2) is 28.4 Å². The molecule has 0 amide bonds. The van der Waals surface area contributed by atoms with Crippen molar-refractivity contribution in [1.82, 2.24) is 15.4 Å². The van der Waals surface area contributed by atoms with E-state index in [2.05, 4.69) is 35.3 Å². The van der Waals surface area contributed by atoms with E-state index in [0.29, 0.717) is 6.04 Å². The fraction of sp³-hybridized carbons (Fsp3) is 0.643. The summed E-state index contributed by atoms with van der Waals surface area (Å²) < 4.78 is 5.08. The highest BCUT2D eigenvalue weighted by molar-refractivity contribution is 4.96. The van der Waals surface area contributed by atoms with Gasteiger partial charge in [-0.05, 0) is 39.8 Å². The number of allylic oxidation sites excluding steroid dienone is 1. The second-order valence-corrected chi connectivity index (χ2v) is 5.22. The Morgan fingerprint density at radius 2 is 2.28 bits per heavy atom. The fourth-order valence-corrected chi connectivity index (χ4v) is 2.21. The molecule has 0 atom stereocenters. The summed E-state index contributed by atoms with van der Waals surface area (Å²) in [5.41, 5.74) is 1.40. The minimum atomic E-state index is 0.609. The molecule has 0 saturated carbocycles. The molecule has 2 heterocycles. The zero-order chi connectivity index (χ0) is 12.8. The van der Waals surface area contributed by atoms with Crippen LogP contribution in [0.25, 0.3) is 0 Å². The van der Waals surface area contributed by atoms with Crippen molar-refractivity contribution in [1.29, 1.82) is 0 Å². The van der Waals surface area contributed by atoms with Crippen LogP contribution in [-0.4, -0.2) is 35.7 Å². The Morgan fingerprint density at radius 1 is 1.50 bits per heavy atom. The van der Waals surface area contributed by atoms with Crippen molar-refractivity contribution in [3.8, 4) is 0 Å². The second-order valence-electron chi connectivity index (χ2n) is 5.22. The van der Waals surface area contributed by atoms with E-state index in [9.17, 15) is 0 Å². The third kappa shape index (κ3) is 4.27. The molecule has 0 bridgehead atoms. The Balaban J connectivity index is 1.65. The van der Waals surface area contributed by atoms with E-state index in [0.717, 1.165) is 18.8 Å². The van der Waals surface area contributed by atoms with Gasteiger partial charge >= 0.3 is 0 Å². The topological polar surface area (TPSA) is 41.3 Å². The Bertz CT molecular complexity index is 360. The Hall–Kier alpha value is -1.13. The SMILES string of the molecule is CC(C)=CCN1CCC(NCc2ccno2)CC1. The van der Waals surface area contributed by atoms with Crippen LogP contribution in [0, 0.1) is 0 Å². The van der Waals surface area contributed by atoms with Gasteiger partial charge in [-0.25, -0.2) is 0 Å². The third-order valence-electron chi connectivity index (χ3n) is 3.40. The second kappa shape index (κ2) is 6.71. The minimum absolute atomic E-state index is 0.609. The first-order chi connectivity index (χ1) is 8.74. The Labute approximate surface area is 109 Å². The highest BCUT2D eigenvalue weighted by Gasteiger charge is 2.18. The van der Waals surface area contributed by atoms with E-state index in [1.807, 2.05) is 6.07 Å². The monoisotopic (exact) mass is 249 g/mol. The van der Waals surface area contributed by atoms with Gasteiger partial charge < -0.3 is 9.84 Å². The van der Waals surface area contributed by atoms with Crippen LogP contribution in [0.5, 0.6) is 0 Å². The number of piperidine rings is 1. The molecule has 0 aliphatic carbocycles. The molecule has 1 N–H and O–H groups in total. The molecule has 18 heavy (non-hydrogen) atoms. The smallest absolute Gasteiger partial charge is 0.150 e. The minimum Gasteiger partial charge on any atom is -0.360 e. The van der Waals surface area contributed by atoms with E-state index < -0.39 is 0 Å². The van der Waals surface area contributed by atoms with Gasteiger partial charge in [0, 0.05) is 18.7 Å². The molecule has 4 nitrogen and oxygen atoms in total. The molecule has 0 radical (unpaired) electrons. The maximum Gasteiger partial charge on any atom is 0.150 e. The van der Waals surface area contributed by atoms with Gasteiger partial charge in [-0.1, -0.05) is 16.8 Å². The number of nitrogens with zero attached hydrogens (tertiary/aromatic N) is 2. The molecule has 1 aromatic heterocycles. The molecule has 4 heteroatoms.